The Morgan fingerprint density at radius 1 is 1.09 bits per heavy atom. The number of rotatable bonds is 6. The molecule has 2 rings (SSSR count). The Balaban J connectivity index is 1.72. The smallest absolute Gasteiger partial charge is 0.191 e. The molecule has 1 aromatic carbocycles. The number of aliphatic imine (C=N–C) groups is 1. The molecule has 0 spiro atoms. The van der Waals surface area contributed by atoms with Crippen LogP contribution in [0.3, 0.4) is 0 Å². The summed E-state index contributed by atoms with van der Waals surface area (Å²) < 4.78 is 0. The average Bonchev–Trinajstić information content (AvgIpc) is 2.86. The maximum absolute atomic E-state index is 4.56. The Hall–Kier alpha value is -1.88. The molecule has 0 aliphatic heterocycles. The summed E-state index contributed by atoms with van der Waals surface area (Å²) in [5.74, 6) is 0.851. The summed E-state index contributed by atoms with van der Waals surface area (Å²) >= 11 is 1.78. The first-order valence-corrected chi connectivity index (χ1v) is 8.83. The Morgan fingerprint density at radius 2 is 1.78 bits per heavy atom. The number of aromatic nitrogens is 1. The van der Waals surface area contributed by atoms with Crippen molar-refractivity contribution in [2.24, 2.45) is 4.99 Å². The second kappa shape index (κ2) is 8.67. The first kappa shape index (κ1) is 17.5. The average molecular weight is 331 g/mol. The molecule has 124 valence electrons. The Kier molecular flexibility index (Phi) is 6.59. The van der Waals surface area contributed by atoms with Gasteiger partial charge in [0.2, 0.25) is 0 Å². The third-order valence-corrected chi connectivity index (χ3v) is 5.01. The number of nitrogens with one attached hydrogen (secondary N) is 2. The molecule has 23 heavy (non-hydrogen) atoms. The van der Waals surface area contributed by atoms with Gasteiger partial charge in [-0.25, -0.2) is 4.98 Å². The second-order valence-electron chi connectivity index (χ2n) is 5.60. The molecule has 0 saturated carbocycles. The summed E-state index contributed by atoms with van der Waals surface area (Å²) in [4.78, 5) is 10.1. The number of guanidine groups is 1. The van der Waals surface area contributed by atoms with Gasteiger partial charge in [-0.15, -0.1) is 11.3 Å². The fourth-order valence-electron chi connectivity index (χ4n) is 2.36. The lowest BCUT2D eigenvalue weighted by molar-refractivity contribution is 0.780. The van der Waals surface area contributed by atoms with Crippen LogP contribution in [0.1, 0.15) is 26.7 Å². The van der Waals surface area contributed by atoms with E-state index in [-0.39, 0.29) is 0 Å². The molecule has 0 radical (unpaired) electrons. The number of hydrogen-bond donors (Lipinski definition) is 2. The fourth-order valence-corrected chi connectivity index (χ4v) is 3.29. The zero-order chi connectivity index (χ0) is 16.7. The molecule has 0 bridgehead atoms. The van der Waals surface area contributed by atoms with E-state index < -0.39 is 0 Å². The molecule has 5 heteroatoms. The van der Waals surface area contributed by atoms with Crippen molar-refractivity contribution in [2.75, 3.05) is 20.1 Å². The highest BCUT2D eigenvalue weighted by atomic mass is 32.1. The van der Waals surface area contributed by atoms with Gasteiger partial charge in [0.25, 0.3) is 0 Å². The van der Waals surface area contributed by atoms with Gasteiger partial charge in [0.15, 0.2) is 5.96 Å². The van der Waals surface area contributed by atoms with Crippen LogP contribution in [0.15, 0.2) is 29.3 Å². The number of nitrogens with zero attached hydrogens (tertiary/aromatic N) is 2. The second-order valence-corrected chi connectivity index (χ2v) is 6.89. The van der Waals surface area contributed by atoms with Crippen molar-refractivity contribution < 1.29 is 0 Å². The number of aryl methyl sites for hydroxylation is 3. The first-order valence-electron chi connectivity index (χ1n) is 8.02. The number of thiazole rings is 1. The van der Waals surface area contributed by atoms with Gasteiger partial charge in [-0.1, -0.05) is 24.3 Å². The zero-order valence-electron chi connectivity index (χ0n) is 14.4. The molecule has 0 aliphatic rings. The zero-order valence-corrected chi connectivity index (χ0v) is 15.3. The summed E-state index contributed by atoms with van der Waals surface area (Å²) in [5, 5.41) is 7.91. The van der Waals surface area contributed by atoms with E-state index in [9.17, 15) is 0 Å². The number of benzene rings is 1. The van der Waals surface area contributed by atoms with Gasteiger partial charge < -0.3 is 10.6 Å². The van der Waals surface area contributed by atoms with E-state index in [4.69, 9.17) is 0 Å². The van der Waals surface area contributed by atoms with Crippen molar-refractivity contribution in [2.45, 2.75) is 33.6 Å². The summed E-state index contributed by atoms with van der Waals surface area (Å²) in [6, 6.07) is 8.50. The predicted molar refractivity (Wildman–Crippen MR) is 99.5 cm³/mol. The molecule has 0 unspecified atom stereocenters. The SMILES string of the molecule is CN=C(NCCc1nc(C)c(C)s1)NCCc1ccccc1C. The van der Waals surface area contributed by atoms with Gasteiger partial charge in [-0.2, -0.15) is 0 Å². The minimum Gasteiger partial charge on any atom is -0.356 e. The Bertz CT molecular complexity index is 641. The fraction of sp³-hybridized carbons (Fsp3) is 0.444. The lowest BCUT2D eigenvalue weighted by Crippen LogP contribution is -2.39. The van der Waals surface area contributed by atoms with Crippen molar-refractivity contribution in [3.05, 3.63) is 51.0 Å². The van der Waals surface area contributed by atoms with Gasteiger partial charge in [0, 0.05) is 31.4 Å². The molecular formula is C18H26N4S. The van der Waals surface area contributed by atoms with Gasteiger partial charge >= 0.3 is 0 Å². The van der Waals surface area contributed by atoms with Crippen LogP contribution in [0.4, 0.5) is 0 Å². The van der Waals surface area contributed by atoms with Gasteiger partial charge in [0.1, 0.15) is 0 Å². The van der Waals surface area contributed by atoms with Crippen molar-refractivity contribution in [3.8, 4) is 0 Å². The minimum atomic E-state index is 0.844. The molecule has 2 aromatic rings. The molecule has 0 saturated heterocycles. The van der Waals surface area contributed by atoms with Crippen LogP contribution in [-0.2, 0) is 12.8 Å². The number of hydrogen-bond acceptors (Lipinski definition) is 3. The molecule has 0 amide bonds. The van der Waals surface area contributed by atoms with Crippen LogP contribution < -0.4 is 10.6 Å². The van der Waals surface area contributed by atoms with Gasteiger partial charge in [-0.05, 0) is 38.3 Å². The minimum absolute atomic E-state index is 0.844. The highest BCUT2D eigenvalue weighted by Gasteiger charge is 2.04. The standard InChI is InChI=1S/C18H26N4S/c1-13-7-5-6-8-16(13)9-11-20-18(19-4)21-12-10-17-22-14(2)15(3)23-17/h5-8H,9-12H2,1-4H3,(H2,19,20,21). The molecule has 0 aliphatic carbocycles. The quantitative estimate of drug-likeness (QED) is 0.632. The molecule has 4 nitrogen and oxygen atoms in total. The van der Waals surface area contributed by atoms with Crippen LogP contribution >= 0.6 is 11.3 Å². The maximum Gasteiger partial charge on any atom is 0.191 e. The van der Waals surface area contributed by atoms with Crippen LogP contribution in [0.2, 0.25) is 0 Å². The lowest BCUT2D eigenvalue weighted by Gasteiger charge is -2.12. The van der Waals surface area contributed by atoms with E-state index in [2.05, 4.69) is 65.6 Å². The van der Waals surface area contributed by atoms with E-state index in [1.165, 1.54) is 21.0 Å². The highest BCUT2D eigenvalue weighted by molar-refractivity contribution is 7.11. The van der Waals surface area contributed by atoms with Crippen molar-refractivity contribution >= 4 is 17.3 Å². The van der Waals surface area contributed by atoms with E-state index in [1.54, 1.807) is 18.4 Å². The molecule has 1 heterocycles. The first-order chi connectivity index (χ1) is 11.1. The topological polar surface area (TPSA) is 49.3 Å². The summed E-state index contributed by atoms with van der Waals surface area (Å²) in [6.07, 6.45) is 1.93. The summed E-state index contributed by atoms with van der Waals surface area (Å²) in [6.45, 7) is 8.06. The van der Waals surface area contributed by atoms with E-state index >= 15 is 0 Å². The normalized spacial score (nSPS) is 11.6. The van der Waals surface area contributed by atoms with Crippen molar-refractivity contribution in [3.63, 3.8) is 0 Å². The summed E-state index contributed by atoms with van der Waals surface area (Å²) in [7, 11) is 1.81. The van der Waals surface area contributed by atoms with Gasteiger partial charge in [0.05, 0.1) is 10.7 Å². The van der Waals surface area contributed by atoms with Crippen molar-refractivity contribution in [1.82, 2.24) is 15.6 Å². The predicted octanol–water partition coefficient (Wildman–Crippen LogP) is 3.02. The third kappa shape index (κ3) is 5.36. The monoisotopic (exact) mass is 330 g/mol. The molecule has 2 N–H and O–H groups in total. The van der Waals surface area contributed by atoms with Crippen LogP contribution in [0.25, 0.3) is 0 Å². The van der Waals surface area contributed by atoms with Crippen LogP contribution in [-0.4, -0.2) is 31.1 Å². The van der Waals surface area contributed by atoms with Gasteiger partial charge in [-0.3, -0.25) is 4.99 Å². The van der Waals surface area contributed by atoms with Crippen molar-refractivity contribution in [1.29, 1.82) is 0 Å². The highest BCUT2D eigenvalue weighted by Crippen LogP contribution is 2.16. The molecule has 0 atom stereocenters. The molecular weight excluding hydrogens is 304 g/mol. The molecule has 0 fully saturated rings. The largest absolute Gasteiger partial charge is 0.356 e. The maximum atomic E-state index is 4.56. The van der Waals surface area contributed by atoms with Crippen LogP contribution in [0.5, 0.6) is 0 Å². The summed E-state index contributed by atoms with van der Waals surface area (Å²) in [5.41, 5.74) is 3.86. The van der Waals surface area contributed by atoms with E-state index in [0.717, 1.165) is 37.6 Å². The van der Waals surface area contributed by atoms with Crippen LogP contribution in [0, 0.1) is 20.8 Å². The third-order valence-electron chi connectivity index (χ3n) is 3.88. The Morgan fingerprint density at radius 3 is 2.39 bits per heavy atom. The van der Waals surface area contributed by atoms with E-state index in [0.29, 0.717) is 0 Å². The van der Waals surface area contributed by atoms with E-state index in [1.807, 2.05) is 0 Å². The Labute approximate surface area is 143 Å². The molecule has 1 aromatic heterocycles. The lowest BCUT2D eigenvalue weighted by atomic mass is 10.1.